The number of carbonyl (C=O) groups is 1. The second kappa shape index (κ2) is 13.8. The number of carbonyl (C=O) groups excluding carboxylic acids is 1. The van der Waals surface area contributed by atoms with Gasteiger partial charge >= 0.3 is 6.09 Å². The fraction of sp³-hybridized carbons (Fsp3) is 0.435. The lowest BCUT2D eigenvalue weighted by atomic mass is 10.2. The van der Waals surface area contributed by atoms with Crippen LogP contribution < -0.4 is 10.6 Å². The minimum Gasteiger partial charge on any atom is -0.444 e. The van der Waals surface area contributed by atoms with E-state index in [-0.39, 0.29) is 30.1 Å². The highest BCUT2D eigenvalue weighted by Crippen LogP contribution is 2.12. The van der Waals surface area contributed by atoms with Gasteiger partial charge in [-0.3, -0.25) is 9.98 Å². The van der Waals surface area contributed by atoms with Crippen molar-refractivity contribution in [1.29, 1.82) is 0 Å². The fourth-order valence-corrected chi connectivity index (χ4v) is 2.75. The molecule has 31 heavy (non-hydrogen) atoms. The van der Waals surface area contributed by atoms with Gasteiger partial charge in [0.05, 0.1) is 6.54 Å². The molecule has 1 amide bonds. The van der Waals surface area contributed by atoms with Crippen LogP contribution in [0.3, 0.4) is 0 Å². The van der Waals surface area contributed by atoms with E-state index in [2.05, 4.69) is 32.7 Å². The SMILES string of the molecule is CN=C(NCCCN(Cc1cccnc1)C(=O)OC(C)(C)C)NCc1ccccc1.I. The van der Waals surface area contributed by atoms with Crippen molar-refractivity contribution in [3.8, 4) is 0 Å². The van der Waals surface area contributed by atoms with Crippen molar-refractivity contribution in [1.82, 2.24) is 20.5 Å². The van der Waals surface area contributed by atoms with Gasteiger partial charge in [0.2, 0.25) is 0 Å². The normalized spacial score (nSPS) is 11.3. The monoisotopic (exact) mass is 539 g/mol. The Balaban J connectivity index is 0.00000480. The zero-order valence-electron chi connectivity index (χ0n) is 18.8. The van der Waals surface area contributed by atoms with Crippen molar-refractivity contribution >= 4 is 36.0 Å². The summed E-state index contributed by atoms with van der Waals surface area (Å²) in [5.41, 5.74) is 1.62. The Hall–Kier alpha value is -2.36. The predicted molar refractivity (Wildman–Crippen MR) is 136 cm³/mol. The molecule has 1 heterocycles. The summed E-state index contributed by atoms with van der Waals surface area (Å²) in [5.74, 6) is 0.731. The Morgan fingerprint density at radius 2 is 1.81 bits per heavy atom. The van der Waals surface area contributed by atoms with Gasteiger partial charge in [0, 0.05) is 39.1 Å². The third-order valence-corrected chi connectivity index (χ3v) is 4.17. The molecule has 0 aliphatic heterocycles. The van der Waals surface area contributed by atoms with E-state index in [1.807, 2.05) is 51.1 Å². The van der Waals surface area contributed by atoms with E-state index in [0.29, 0.717) is 26.2 Å². The van der Waals surface area contributed by atoms with Gasteiger partial charge in [-0.2, -0.15) is 0 Å². The number of guanidine groups is 1. The topological polar surface area (TPSA) is 78.9 Å². The van der Waals surface area contributed by atoms with E-state index in [0.717, 1.165) is 17.9 Å². The van der Waals surface area contributed by atoms with Gasteiger partial charge in [0.15, 0.2) is 5.96 Å². The Morgan fingerprint density at radius 3 is 2.42 bits per heavy atom. The van der Waals surface area contributed by atoms with E-state index in [4.69, 9.17) is 4.74 Å². The molecule has 0 unspecified atom stereocenters. The number of halogens is 1. The summed E-state index contributed by atoms with van der Waals surface area (Å²) in [4.78, 5) is 22.7. The van der Waals surface area contributed by atoms with Crippen LogP contribution in [0.1, 0.15) is 38.3 Å². The second-order valence-electron chi connectivity index (χ2n) is 7.95. The molecule has 1 aromatic carbocycles. The number of benzene rings is 1. The molecule has 170 valence electrons. The summed E-state index contributed by atoms with van der Waals surface area (Å²) in [6.45, 7) is 8.02. The molecule has 0 saturated heterocycles. The van der Waals surface area contributed by atoms with Gasteiger partial charge in [-0.15, -0.1) is 24.0 Å². The molecule has 0 aliphatic rings. The van der Waals surface area contributed by atoms with Crippen LogP contribution in [-0.4, -0.2) is 47.7 Å². The third kappa shape index (κ3) is 11.0. The Bertz CT molecular complexity index is 795. The predicted octanol–water partition coefficient (Wildman–Crippen LogP) is 4.19. The minimum absolute atomic E-state index is 0. The van der Waals surface area contributed by atoms with Crippen LogP contribution in [0.15, 0.2) is 59.9 Å². The van der Waals surface area contributed by atoms with Crippen LogP contribution in [0.2, 0.25) is 0 Å². The number of pyridine rings is 1. The highest BCUT2D eigenvalue weighted by atomic mass is 127. The van der Waals surface area contributed by atoms with E-state index in [1.165, 1.54) is 5.56 Å². The standard InChI is InChI=1S/C23H33N5O2.HI/c1-23(2,3)30-22(29)28(18-20-12-8-13-25-16-20)15-9-14-26-21(24-4)27-17-19-10-6-5-7-11-19;/h5-8,10-13,16H,9,14-15,17-18H2,1-4H3,(H2,24,26,27);1H. The van der Waals surface area contributed by atoms with Crippen LogP contribution in [-0.2, 0) is 17.8 Å². The van der Waals surface area contributed by atoms with Crippen LogP contribution in [0.25, 0.3) is 0 Å². The largest absolute Gasteiger partial charge is 0.444 e. The van der Waals surface area contributed by atoms with Gasteiger partial charge in [-0.25, -0.2) is 4.79 Å². The van der Waals surface area contributed by atoms with Crippen molar-refractivity contribution < 1.29 is 9.53 Å². The average Bonchev–Trinajstić information content (AvgIpc) is 2.72. The quantitative estimate of drug-likeness (QED) is 0.228. The molecular formula is C23H34IN5O2. The number of hydrogen-bond acceptors (Lipinski definition) is 4. The lowest BCUT2D eigenvalue weighted by Gasteiger charge is -2.27. The molecule has 0 bridgehead atoms. The molecule has 2 N–H and O–H groups in total. The Labute approximate surface area is 202 Å². The summed E-state index contributed by atoms with van der Waals surface area (Å²) in [6.07, 6.45) is 3.92. The third-order valence-electron chi connectivity index (χ3n) is 4.17. The minimum atomic E-state index is -0.536. The van der Waals surface area contributed by atoms with Gasteiger partial charge < -0.3 is 20.3 Å². The molecule has 0 spiro atoms. The number of rotatable bonds is 8. The van der Waals surface area contributed by atoms with Crippen LogP contribution >= 0.6 is 24.0 Å². The first-order chi connectivity index (χ1) is 14.4. The number of hydrogen-bond donors (Lipinski definition) is 2. The van der Waals surface area contributed by atoms with Gasteiger partial charge in [0.1, 0.15) is 5.60 Å². The maximum Gasteiger partial charge on any atom is 0.410 e. The van der Waals surface area contributed by atoms with Crippen molar-refractivity contribution in [3.05, 3.63) is 66.0 Å². The van der Waals surface area contributed by atoms with Crippen molar-refractivity contribution in [2.24, 2.45) is 4.99 Å². The lowest BCUT2D eigenvalue weighted by Crippen LogP contribution is -2.40. The summed E-state index contributed by atoms with van der Waals surface area (Å²) in [6, 6.07) is 14.0. The van der Waals surface area contributed by atoms with Crippen LogP contribution in [0, 0.1) is 0 Å². The van der Waals surface area contributed by atoms with Gasteiger partial charge in [0.25, 0.3) is 0 Å². The molecule has 0 fully saturated rings. The summed E-state index contributed by atoms with van der Waals surface area (Å²) >= 11 is 0. The molecule has 8 heteroatoms. The van der Waals surface area contributed by atoms with Crippen molar-refractivity contribution in [2.75, 3.05) is 20.1 Å². The number of amides is 1. The number of nitrogens with one attached hydrogen (secondary N) is 2. The van der Waals surface area contributed by atoms with Crippen molar-refractivity contribution in [3.63, 3.8) is 0 Å². The summed E-state index contributed by atoms with van der Waals surface area (Å²) in [5, 5.41) is 6.59. The average molecular weight is 539 g/mol. The molecule has 1 aromatic heterocycles. The number of nitrogens with zero attached hydrogens (tertiary/aromatic N) is 3. The fourth-order valence-electron chi connectivity index (χ4n) is 2.75. The van der Waals surface area contributed by atoms with Gasteiger partial charge in [-0.05, 0) is 44.4 Å². The summed E-state index contributed by atoms with van der Waals surface area (Å²) < 4.78 is 5.57. The Morgan fingerprint density at radius 1 is 1.10 bits per heavy atom. The lowest BCUT2D eigenvalue weighted by molar-refractivity contribution is 0.0232. The molecule has 0 aliphatic carbocycles. The van der Waals surface area contributed by atoms with Crippen LogP contribution in [0.5, 0.6) is 0 Å². The van der Waals surface area contributed by atoms with Crippen LogP contribution in [0.4, 0.5) is 4.79 Å². The van der Waals surface area contributed by atoms with E-state index < -0.39 is 5.60 Å². The molecular weight excluding hydrogens is 505 g/mol. The maximum absolute atomic E-state index is 12.6. The number of aromatic nitrogens is 1. The molecule has 2 aromatic rings. The molecule has 0 radical (unpaired) electrons. The van der Waals surface area contributed by atoms with E-state index in [9.17, 15) is 4.79 Å². The van der Waals surface area contributed by atoms with Crippen molar-refractivity contribution in [2.45, 2.75) is 45.9 Å². The smallest absolute Gasteiger partial charge is 0.410 e. The molecule has 0 atom stereocenters. The molecule has 7 nitrogen and oxygen atoms in total. The highest BCUT2D eigenvalue weighted by Gasteiger charge is 2.22. The van der Waals surface area contributed by atoms with Gasteiger partial charge in [-0.1, -0.05) is 36.4 Å². The molecule has 2 rings (SSSR count). The highest BCUT2D eigenvalue weighted by molar-refractivity contribution is 14.0. The first-order valence-corrected chi connectivity index (χ1v) is 10.2. The van der Waals surface area contributed by atoms with E-state index in [1.54, 1.807) is 24.3 Å². The molecule has 0 saturated carbocycles. The Kier molecular flexibility index (Phi) is 11.9. The maximum atomic E-state index is 12.6. The number of aliphatic imine (C=N–C) groups is 1. The zero-order valence-corrected chi connectivity index (χ0v) is 21.1. The number of ether oxygens (including phenoxy) is 1. The first kappa shape index (κ1) is 26.7. The summed E-state index contributed by atoms with van der Waals surface area (Å²) in [7, 11) is 1.75. The second-order valence-corrected chi connectivity index (χ2v) is 7.95. The first-order valence-electron chi connectivity index (χ1n) is 10.2. The van der Waals surface area contributed by atoms with E-state index >= 15 is 0 Å². The zero-order chi connectivity index (χ0) is 21.8.